The summed E-state index contributed by atoms with van der Waals surface area (Å²) in [6, 6.07) is -2.12. The molecule has 0 saturated heterocycles. The zero-order chi connectivity index (χ0) is 15.4. The first kappa shape index (κ1) is 17.8. The maximum Gasteiger partial charge on any atom is 0.326 e. The standard InChI is InChI=1S/C11H22N2O5S/c1-11(2,3)8(10(15)16)13-9(14)7(12)5-6-19(4,17)18/h7-8H,5-6,12H2,1-4H3,(H,13,14)(H,15,16)/t7?,8-/m1/s1. The van der Waals surface area contributed by atoms with Crippen molar-refractivity contribution in [2.75, 3.05) is 12.0 Å². The van der Waals surface area contributed by atoms with Crippen molar-refractivity contribution in [3.05, 3.63) is 0 Å². The van der Waals surface area contributed by atoms with Crippen molar-refractivity contribution >= 4 is 21.7 Å². The Morgan fingerprint density at radius 3 is 2.11 bits per heavy atom. The molecular weight excluding hydrogens is 272 g/mol. The summed E-state index contributed by atoms with van der Waals surface area (Å²) in [4.78, 5) is 22.8. The number of carbonyl (C=O) groups excluding carboxylic acids is 1. The van der Waals surface area contributed by atoms with Gasteiger partial charge in [-0.25, -0.2) is 13.2 Å². The molecule has 4 N–H and O–H groups in total. The van der Waals surface area contributed by atoms with Crippen molar-refractivity contribution in [1.82, 2.24) is 5.32 Å². The number of nitrogens with two attached hydrogens (primary N) is 1. The van der Waals surface area contributed by atoms with Gasteiger partial charge >= 0.3 is 5.97 Å². The number of nitrogens with one attached hydrogen (secondary N) is 1. The number of aliphatic carboxylic acids is 1. The van der Waals surface area contributed by atoms with Gasteiger partial charge < -0.3 is 16.2 Å². The fourth-order valence-corrected chi connectivity index (χ4v) is 2.05. The van der Waals surface area contributed by atoms with Crippen molar-refractivity contribution in [2.24, 2.45) is 11.1 Å². The van der Waals surface area contributed by atoms with Crippen LogP contribution in [0.15, 0.2) is 0 Å². The molecule has 0 aromatic carbocycles. The minimum atomic E-state index is -3.20. The molecule has 0 aliphatic rings. The fraction of sp³-hybridized carbons (Fsp3) is 0.818. The number of carbonyl (C=O) groups is 2. The van der Waals surface area contributed by atoms with Gasteiger partial charge in [-0.3, -0.25) is 4.79 Å². The summed E-state index contributed by atoms with van der Waals surface area (Å²) < 4.78 is 21.9. The summed E-state index contributed by atoms with van der Waals surface area (Å²) in [5, 5.41) is 11.4. The highest BCUT2D eigenvalue weighted by atomic mass is 32.2. The highest BCUT2D eigenvalue weighted by Gasteiger charge is 2.33. The Morgan fingerprint density at radius 1 is 1.32 bits per heavy atom. The van der Waals surface area contributed by atoms with Crippen LogP contribution < -0.4 is 11.1 Å². The maximum atomic E-state index is 11.7. The molecule has 112 valence electrons. The van der Waals surface area contributed by atoms with Crippen molar-refractivity contribution in [3.63, 3.8) is 0 Å². The third kappa shape index (κ3) is 7.12. The largest absolute Gasteiger partial charge is 0.480 e. The third-order valence-corrected chi connectivity index (χ3v) is 3.51. The van der Waals surface area contributed by atoms with E-state index in [9.17, 15) is 18.0 Å². The van der Waals surface area contributed by atoms with E-state index in [0.29, 0.717) is 0 Å². The molecule has 0 rings (SSSR count). The first-order chi connectivity index (χ1) is 8.34. The molecule has 0 bridgehead atoms. The van der Waals surface area contributed by atoms with Gasteiger partial charge in [0.05, 0.1) is 11.8 Å². The van der Waals surface area contributed by atoms with E-state index in [0.717, 1.165) is 6.26 Å². The van der Waals surface area contributed by atoms with Crippen LogP contribution in [0, 0.1) is 5.41 Å². The summed E-state index contributed by atoms with van der Waals surface area (Å²) in [6.45, 7) is 5.02. The van der Waals surface area contributed by atoms with Crippen molar-refractivity contribution in [3.8, 4) is 0 Å². The number of carboxylic acid groups (broad SMARTS) is 1. The lowest BCUT2D eigenvalue weighted by atomic mass is 9.86. The van der Waals surface area contributed by atoms with Crippen LogP contribution in [0.3, 0.4) is 0 Å². The van der Waals surface area contributed by atoms with E-state index in [1.807, 2.05) is 0 Å². The quantitative estimate of drug-likeness (QED) is 0.598. The monoisotopic (exact) mass is 294 g/mol. The summed E-state index contributed by atoms with van der Waals surface area (Å²) >= 11 is 0. The molecule has 1 amide bonds. The van der Waals surface area contributed by atoms with Gasteiger partial charge in [0.2, 0.25) is 5.91 Å². The van der Waals surface area contributed by atoms with Crippen LogP contribution in [-0.4, -0.2) is 49.5 Å². The highest BCUT2D eigenvalue weighted by molar-refractivity contribution is 7.90. The van der Waals surface area contributed by atoms with E-state index in [1.165, 1.54) is 0 Å². The van der Waals surface area contributed by atoms with Gasteiger partial charge in [-0.05, 0) is 11.8 Å². The van der Waals surface area contributed by atoms with Gasteiger partial charge in [0.1, 0.15) is 15.9 Å². The van der Waals surface area contributed by atoms with Gasteiger partial charge in [0.25, 0.3) is 0 Å². The van der Waals surface area contributed by atoms with E-state index in [4.69, 9.17) is 10.8 Å². The van der Waals surface area contributed by atoms with Gasteiger partial charge in [-0.1, -0.05) is 20.8 Å². The predicted octanol–water partition coefficient (Wildman–Crippen LogP) is -0.636. The fourth-order valence-electron chi connectivity index (χ4n) is 1.37. The number of sulfone groups is 1. The van der Waals surface area contributed by atoms with E-state index in [-0.39, 0.29) is 12.2 Å². The summed E-state index contributed by atoms with van der Waals surface area (Å²) in [5.74, 6) is -2.03. The molecular formula is C11H22N2O5S. The SMILES string of the molecule is CC(C)(C)[C@H](NC(=O)C(N)CCS(C)(=O)=O)C(=O)O. The van der Waals surface area contributed by atoms with Gasteiger partial charge in [0, 0.05) is 6.26 Å². The zero-order valence-corrected chi connectivity index (χ0v) is 12.5. The number of hydrogen-bond acceptors (Lipinski definition) is 5. The van der Waals surface area contributed by atoms with Crippen LogP contribution in [-0.2, 0) is 19.4 Å². The zero-order valence-electron chi connectivity index (χ0n) is 11.6. The van der Waals surface area contributed by atoms with Crippen LogP contribution in [0.1, 0.15) is 27.2 Å². The molecule has 0 spiro atoms. The summed E-state index contributed by atoms with van der Waals surface area (Å²) in [5.41, 5.74) is 4.88. The predicted molar refractivity (Wildman–Crippen MR) is 71.3 cm³/mol. The van der Waals surface area contributed by atoms with E-state index < -0.39 is 39.2 Å². The Bertz CT molecular complexity index is 438. The van der Waals surface area contributed by atoms with Crippen molar-refractivity contribution in [1.29, 1.82) is 0 Å². The molecule has 0 aromatic rings. The van der Waals surface area contributed by atoms with Gasteiger partial charge in [-0.15, -0.1) is 0 Å². The van der Waals surface area contributed by atoms with E-state index in [1.54, 1.807) is 20.8 Å². The maximum absolute atomic E-state index is 11.7. The molecule has 19 heavy (non-hydrogen) atoms. The molecule has 0 heterocycles. The number of rotatable bonds is 6. The van der Waals surface area contributed by atoms with Crippen LogP contribution >= 0.6 is 0 Å². The molecule has 0 aromatic heterocycles. The van der Waals surface area contributed by atoms with Gasteiger partial charge in [0.15, 0.2) is 0 Å². The lowest BCUT2D eigenvalue weighted by Crippen LogP contribution is -2.53. The Labute approximate surface area is 113 Å². The van der Waals surface area contributed by atoms with Crippen LogP contribution in [0.4, 0.5) is 0 Å². The van der Waals surface area contributed by atoms with Crippen molar-refractivity contribution < 1.29 is 23.1 Å². The second kappa shape index (κ2) is 6.33. The number of amides is 1. The minimum absolute atomic E-state index is 0.0405. The lowest BCUT2D eigenvalue weighted by Gasteiger charge is -2.28. The lowest BCUT2D eigenvalue weighted by molar-refractivity contribution is -0.145. The second-order valence-electron chi connectivity index (χ2n) is 5.67. The Morgan fingerprint density at radius 2 is 1.79 bits per heavy atom. The molecule has 1 unspecified atom stereocenters. The summed E-state index contributed by atoms with van der Waals surface area (Å²) in [7, 11) is -3.20. The minimum Gasteiger partial charge on any atom is -0.480 e. The third-order valence-electron chi connectivity index (χ3n) is 2.54. The smallest absolute Gasteiger partial charge is 0.326 e. The van der Waals surface area contributed by atoms with Crippen molar-refractivity contribution in [2.45, 2.75) is 39.3 Å². The highest BCUT2D eigenvalue weighted by Crippen LogP contribution is 2.19. The topological polar surface area (TPSA) is 127 Å². The Hall–Kier alpha value is -1.15. The number of carboxylic acids is 1. The van der Waals surface area contributed by atoms with Crippen LogP contribution in [0.2, 0.25) is 0 Å². The van der Waals surface area contributed by atoms with Gasteiger partial charge in [-0.2, -0.15) is 0 Å². The number of hydrogen-bond donors (Lipinski definition) is 3. The molecule has 0 aliphatic heterocycles. The normalized spacial score (nSPS) is 15.6. The van der Waals surface area contributed by atoms with E-state index in [2.05, 4.69) is 5.32 Å². The molecule has 8 heteroatoms. The van der Waals surface area contributed by atoms with Crippen LogP contribution in [0.5, 0.6) is 0 Å². The summed E-state index contributed by atoms with van der Waals surface area (Å²) in [6.07, 6.45) is 1.01. The Kier molecular flexibility index (Phi) is 5.95. The molecule has 0 fully saturated rings. The average molecular weight is 294 g/mol. The molecule has 0 saturated carbocycles. The molecule has 7 nitrogen and oxygen atoms in total. The average Bonchev–Trinajstić information content (AvgIpc) is 2.18. The second-order valence-corrected chi connectivity index (χ2v) is 7.93. The first-order valence-corrected chi connectivity index (χ1v) is 7.87. The molecule has 0 radical (unpaired) electrons. The molecule has 0 aliphatic carbocycles. The van der Waals surface area contributed by atoms with Crippen LogP contribution in [0.25, 0.3) is 0 Å². The van der Waals surface area contributed by atoms with E-state index >= 15 is 0 Å². The molecule has 2 atom stereocenters. The Balaban J connectivity index is 4.62. The first-order valence-electron chi connectivity index (χ1n) is 5.81.